The second-order valence-electron chi connectivity index (χ2n) is 5.09. The van der Waals surface area contributed by atoms with Crippen molar-refractivity contribution in [1.29, 1.82) is 0 Å². The second-order valence-corrected chi connectivity index (χ2v) is 5.84. The third-order valence-electron chi connectivity index (χ3n) is 3.41. The summed E-state index contributed by atoms with van der Waals surface area (Å²) in [6, 6.07) is 15.6. The summed E-state index contributed by atoms with van der Waals surface area (Å²) in [7, 11) is 0. The number of aryl methyl sites for hydroxylation is 2. The summed E-state index contributed by atoms with van der Waals surface area (Å²) in [6.45, 7) is 3.98. The molecule has 0 saturated heterocycles. The van der Waals surface area contributed by atoms with E-state index < -0.39 is 0 Å². The minimum Gasteiger partial charge on any atom is -0.321 e. The van der Waals surface area contributed by atoms with E-state index in [0.29, 0.717) is 10.6 Å². The van der Waals surface area contributed by atoms with Gasteiger partial charge < -0.3 is 5.32 Å². The zero-order chi connectivity index (χ0) is 15.5. The summed E-state index contributed by atoms with van der Waals surface area (Å²) < 4.78 is 3.94. The number of hydrogen-bond donors (Lipinski definition) is 1. The Bertz CT molecular complexity index is 809. The Morgan fingerprint density at radius 2 is 1.77 bits per heavy atom. The van der Waals surface area contributed by atoms with Gasteiger partial charge in [-0.1, -0.05) is 52.5 Å². The van der Waals surface area contributed by atoms with Crippen LogP contribution in [0, 0.1) is 13.8 Å². The first-order chi connectivity index (χ1) is 10.6. The number of benzene rings is 2. The molecule has 1 heterocycles. The Labute approximate surface area is 133 Å². The molecule has 5 heteroatoms. The van der Waals surface area contributed by atoms with Gasteiger partial charge in [-0.05, 0) is 37.0 Å². The maximum absolute atomic E-state index is 12.5. The molecular formula is C17H15N3OS. The predicted molar refractivity (Wildman–Crippen MR) is 89.2 cm³/mol. The molecule has 1 N–H and O–H groups in total. The molecule has 0 fully saturated rings. The maximum atomic E-state index is 12.5. The van der Waals surface area contributed by atoms with Crippen molar-refractivity contribution in [1.82, 2.24) is 9.59 Å². The first kappa shape index (κ1) is 14.4. The van der Waals surface area contributed by atoms with Crippen molar-refractivity contribution in [2.75, 3.05) is 5.32 Å². The minimum atomic E-state index is -0.181. The van der Waals surface area contributed by atoms with E-state index >= 15 is 0 Å². The molecule has 22 heavy (non-hydrogen) atoms. The van der Waals surface area contributed by atoms with Gasteiger partial charge in [0.15, 0.2) is 0 Å². The normalized spacial score (nSPS) is 10.5. The highest BCUT2D eigenvalue weighted by Crippen LogP contribution is 2.25. The second kappa shape index (κ2) is 6.07. The molecule has 0 aliphatic carbocycles. The lowest BCUT2D eigenvalue weighted by Crippen LogP contribution is -2.12. The van der Waals surface area contributed by atoms with Crippen molar-refractivity contribution in [2.45, 2.75) is 13.8 Å². The highest BCUT2D eigenvalue weighted by atomic mass is 32.1. The number of para-hydroxylation sites is 1. The number of nitrogens with one attached hydrogen (secondary N) is 1. The average molecular weight is 309 g/mol. The number of rotatable bonds is 3. The topological polar surface area (TPSA) is 54.9 Å². The van der Waals surface area contributed by atoms with Gasteiger partial charge in [-0.3, -0.25) is 4.79 Å². The average Bonchev–Trinajstić information content (AvgIpc) is 3.00. The van der Waals surface area contributed by atoms with Gasteiger partial charge in [-0.15, -0.1) is 5.10 Å². The zero-order valence-electron chi connectivity index (χ0n) is 12.3. The minimum absolute atomic E-state index is 0.181. The summed E-state index contributed by atoms with van der Waals surface area (Å²) in [5, 5.41) is 7.03. The summed E-state index contributed by atoms with van der Waals surface area (Å²) in [6.07, 6.45) is 0. The molecule has 0 bridgehead atoms. The SMILES string of the molecule is Cc1ccc(-c2nnsc2C(=O)Nc2ccccc2C)cc1. The van der Waals surface area contributed by atoms with E-state index in [9.17, 15) is 4.79 Å². The fourth-order valence-electron chi connectivity index (χ4n) is 2.13. The number of carbonyl (C=O) groups excluding carboxylic acids is 1. The number of amides is 1. The van der Waals surface area contributed by atoms with E-state index in [1.807, 2.05) is 62.4 Å². The van der Waals surface area contributed by atoms with Gasteiger partial charge in [0.1, 0.15) is 10.6 Å². The van der Waals surface area contributed by atoms with Crippen molar-refractivity contribution in [3.05, 3.63) is 64.5 Å². The number of hydrogen-bond acceptors (Lipinski definition) is 4. The monoisotopic (exact) mass is 309 g/mol. The summed E-state index contributed by atoms with van der Waals surface area (Å²) >= 11 is 1.11. The highest BCUT2D eigenvalue weighted by Gasteiger charge is 2.18. The van der Waals surface area contributed by atoms with E-state index in [0.717, 1.165) is 33.9 Å². The van der Waals surface area contributed by atoms with E-state index in [1.165, 1.54) is 0 Å². The molecule has 3 rings (SSSR count). The summed E-state index contributed by atoms with van der Waals surface area (Å²) in [4.78, 5) is 13.0. The van der Waals surface area contributed by atoms with Crippen LogP contribution in [0.15, 0.2) is 48.5 Å². The number of carbonyl (C=O) groups is 1. The van der Waals surface area contributed by atoms with Crippen LogP contribution in [-0.2, 0) is 0 Å². The standard InChI is InChI=1S/C17H15N3OS/c1-11-7-9-13(10-8-11)15-16(22-20-19-15)17(21)18-14-6-4-3-5-12(14)2/h3-10H,1-2H3,(H,18,21). The Balaban J connectivity index is 1.90. The largest absolute Gasteiger partial charge is 0.321 e. The number of aromatic nitrogens is 2. The van der Waals surface area contributed by atoms with E-state index in [-0.39, 0.29) is 5.91 Å². The van der Waals surface area contributed by atoms with Crippen LogP contribution in [0.5, 0.6) is 0 Å². The van der Waals surface area contributed by atoms with Crippen molar-refractivity contribution in [3.63, 3.8) is 0 Å². The summed E-state index contributed by atoms with van der Waals surface area (Å²) in [5.74, 6) is -0.181. The van der Waals surface area contributed by atoms with E-state index in [2.05, 4.69) is 14.9 Å². The van der Waals surface area contributed by atoms with Crippen LogP contribution >= 0.6 is 11.5 Å². The van der Waals surface area contributed by atoms with E-state index in [1.54, 1.807) is 0 Å². The Hall–Kier alpha value is -2.53. The molecule has 1 amide bonds. The van der Waals surface area contributed by atoms with Crippen LogP contribution in [0.1, 0.15) is 20.8 Å². The highest BCUT2D eigenvalue weighted by molar-refractivity contribution is 7.08. The molecule has 0 aliphatic rings. The lowest BCUT2D eigenvalue weighted by Gasteiger charge is -2.07. The molecule has 0 atom stereocenters. The third kappa shape index (κ3) is 2.89. The first-order valence-electron chi connectivity index (χ1n) is 6.91. The zero-order valence-corrected chi connectivity index (χ0v) is 13.1. The molecule has 1 aromatic heterocycles. The van der Waals surface area contributed by atoms with Crippen molar-refractivity contribution < 1.29 is 4.79 Å². The van der Waals surface area contributed by atoms with Gasteiger partial charge in [-0.2, -0.15) is 0 Å². The lowest BCUT2D eigenvalue weighted by atomic mass is 10.1. The fraction of sp³-hybridized carbons (Fsp3) is 0.118. The molecule has 0 saturated carbocycles. The quantitative estimate of drug-likeness (QED) is 0.793. The third-order valence-corrected chi connectivity index (χ3v) is 4.14. The van der Waals surface area contributed by atoms with Crippen LogP contribution < -0.4 is 5.32 Å². The Morgan fingerprint density at radius 3 is 2.50 bits per heavy atom. The van der Waals surface area contributed by atoms with Gasteiger partial charge >= 0.3 is 0 Å². The van der Waals surface area contributed by atoms with Crippen molar-refractivity contribution in [2.24, 2.45) is 0 Å². The van der Waals surface area contributed by atoms with Crippen LogP contribution in [0.3, 0.4) is 0 Å². The van der Waals surface area contributed by atoms with Gasteiger partial charge in [-0.25, -0.2) is 0 Å². The lowest BCUT2D eigenvalue weighted by molar-refractivity contribution is 0.103. The number of nitrogens with zero attached hydrogens (tertiary/aromatic N) is 2. The Morgan fingerprint density at radius 1 is 1.05 bits per heavy atom. The van der Waals surface area contributed by atoms with Crippen molar-refractivity contribution >= 4 is 23.1 Å². The molecule has 3 aromatic rings. The number of anilines is 1. The van der Waals surface area contributed by atoms with Gasteiger partial charge in [0.2, 0.25) is 0 Å². The van der Waals surface area contributed by atoms with Crippen LogP contribution in [0.2, 0.25) is 0 Å². The van der Waals surface area contributed by atoms with Gasteiger partial charge in [0, 0.05) is 11.3 Å². The fourth-order valence-corrected chi connectivity index (χ4v) is 2.72. The molecule has 0 spiro atoms. The molecule has 2 aromatic carbocycles. The van der Waals surface area contributed by atoms with Crippen LogP contribution in [0.25, 0.3) is 11.3 Å². The molecular weight excluding hydrogens is 294 g/mol. The van der Waals surface area contributed by atoms with E-state index in [4.69, 9.17) is 0 Å². The molecule has 0 unspecified atom stereocenters. The first-order valence-corrected chi connectivity index (χ1v) is 7.69. The smallest absolute Gasteiger partial charge is 0.269 e. The molecule has 0 aliphatic heterocycles. The van der Waals surface area contributed by atoms with Crippen molar-refractivity contribution in [3.8, 4) is 11.3 Å². The molecule has 110 valence electrons. The van der Waals surface area contributed by atoms with Crippen LogP contribution in [-0.4, -0.2) is 15.5 Å². The molecule has 4 nitrogen and oxygen atoms in total. The maximum Gasteiger partial charge on any atom is 0.269 e. The predicted octanol–water partition coefficient (Wildman–Crippen LogP) is 4.07. The molecule has 0 radical (unpaired) electrons. The van der Waals surface area contributed by atoms with Gasteiger partial charge in [0.05, 0.1) is 0 Å². The van der Waals surface area contributed by atoms with Gasteiger partial charge in [0.25, 0.3) is 5.91 Å². The van der Waals surface area contributed by atoms with Crippen LogP contribution in [0.4, 0.5) is 5.69 Å². The summed E-state index contributed by atoms with van der Waals surface area (Å²) in [5.41, 5.74) is 4.50. The Kier molecular flexibility index (Phi) is 3.98.